The number of anilines is 1. The topological polar surface area (TPSA) is 64.0 Å². The van der Waals surface area contributed by atoms with Crippen molar-refractivity contribution >= 4 is 51.5 Å². The van der Waals surface area contributed by atoms with Crippen molar-refractivity contribution in [1.82, 2.24) is 9.55 Å². The van der Waals surface area contributed by atoms with Crippen LogP contribution in [0.4, 0.5) is 14.5 Å². The van der Waals surface area contributed by atoms with Crippen LogP contribution >= 0.6 is 23.2 Å². The summed E-state index contributed by atoms with van der Waals surface area (Å²) < 4.78 is 28.7. The van der Waals surface area contributed by atoms with Gasteiger partial charge in [0.15, 0.2) is 0 Å². The summed E-state index contributed by atoms with van der Waals surface area (Å²) in [5.41, 5.74) is 1.01. The van der Waals surface area contributed by atoms with Crippen LogP contribution in [0.2, 0.25) is 10.0 Å². The number of hydrogen-bond acceptors (Lipinski definition) is 3. The minimum atomic E-state index is -1.01. The summed E-state index contributed by atoms with van der Waals surface area (Å²) in [6.45, 7) is 0. The number of aromatic nitrogens is 2. The maximum absolute atomic E-state index is 13.9. The van der Waals surface area contributed by atoms with Crippen LogP contribution < -0.4 is 5.32 Å². The van der Waals surface area contributed by atoms with Crippen molar-refractivity contribution in [2.45, 2.75) is 0 Å². The smallest absolute Gasteiger partial charge is 0.296 e. The molecule has 0 aliphatic carbocycles. The molecule has 0 fully saturated rings. The van der Waals surface area contributed by atoms with Crippen molar-refractivity contribution in [2.24, 2.45) is 0 Å². The van der Waals surface area contributed by atoms with E-state index in [-0.39, 0.29) is 26.7 Å². The molecule has 2 aromatic carbocycles. The molecule has 0 aliphatic heterocycles. The third kappa shape index (κ3) is 3.65. The first kappa shape index (κ1) is 20.0. The quantitative estimate of drug-likeness (QED) is 0.336. The number of carbonyl (C=O) groups is 2. The van der Waals surface area contributed by atoms with Crippen molar-refractivity contribution in [3.05, 3.63) is 88.3 Å². The van der Waals surface area contributed by atoms with Gasteiger partial charge in [0.2, 0.25) is 0 Å². The molecule has 1 N–H and O–H groups in total. The number of amides is 1. The SMILES string of the molecule is O=C(Nc1c(Cl)cncc1Cl)C(=O)c1cn(-c2ccc(F)cc2)c2ccc(F)cc12. The minimum Gasteiger partial charge on any atom is -0.316 e. The lowest BCUT2D eigenvalue weighted by molar-refractivity contribution is -0.112. The number of nitrogens with one attached hydrogen (secondary N) is 1. The Morgan fingerprint density at radius 2 is 1.57 bits per heavy atom. The van der Waals surface area contributed by atoms with E-state index in [9.17, 15) is 18.4 Å². The summed E-state index contributed by atoms with van der Waals surface area (Å²) >= 11 is 12.0. The van der Waals surface area contributed by atoms with Crippen LogP contribution in [0.25, 0.3) is 16.6 Å². The molecule has 2 aromatic heterocycles. The molecule has 2 heterocycles. The molecule has 9 heteroatoms. The van der Waals surface area contributed by atoms with Gasteiger partial charge in [-0.1, -0.05) is 23.2 Å². The first-order valence-electron chi connectivity index (χ1n) is 8.56. The monoisotopic (exact) mass is 445 g/mol. The standard InChI is InChI=1S/C21H11Cl2F2N3O2/c22-16-8-26-9-17(23)19(16)27-21(30)20(29)15-10-28(13-4-1-11(24)2-5-13)18-6-3-12(25)7-14(15)18/h1-10H,(H,26,27,30). The van der Waals surface area contributed by atoms with E-state index in [0.717, 1.165) is 6.07 Å². The number of hydrogen-bond donors (Lipinski definition) is 1. The van der Waals surface area contributed by atoms with Gasteiger partial charge in [-0.25, -0.2) is 8.78 Å². The van der Waals surface area contributed by atoms with Crippen molar-refractivity contribution < 1.29 is 18.4 Å². The van der Waals surface area contributed by atoms with Crippen molar-refractivity contribution in [2.75, 3.05) is 5.32 Å². The number of benzene rings is 2. The fourth-order valence-corrected chi connectivity index (χ4v) is 3.48. The number of halogens is 4. The molecule has 150 valence electrons. The maximum Gasteiger partial charge on any atom is 0.296 e. The van der Waals surface area contributed by atoms with Gasteiger partial charge in [0, 0.05) is 29.7 Å². The van der Waals surface area contributed by atoms with E-state index in [1.165, 1.54) is 55.0 Å². The Hall–Kier alpha value is -3.29. The van der Waals surface area contributed by atoms with Gasteiger partial charge in [-0.3, -0.25) is 14.6 Å². The van der Waals surface area contributed by atoms with Gasteiger partial charge in [0.05, 0.1) is 26.8 Å². The highest BCUT2D eigenvalue weighted by atomic mass is 35.5. The molecule has 0 atom stereocenters. The van der Waals surface area contributed by atoms with E-state index in [1.807, 2.05) is 0 Å². The number of Topliss-reactive ketones (excluding diaryl/α,β-unsaturated/α-hetero) is 1. The van der Waals surface area contributed by atoms with Crippen LogP contribution in [0.1, 0.15) is 10.4 Å². The zero-order valence-electron chi connectivity index (χ0n) is 15.0. The number of carbonyl (C=O) groups excluding carboxylic acids is 2. The van der Waals surface area contributed by atoms with Gasteiger partial charge in [0.1, 0.15) is 11.6 Å². The Bertz CT molecular complexity index is 1280. The molecule has 0 bridgehead atoms. The Morgan fingerprint density at radius 3 is 2.23 bits per heavy atom. The minimum absolute atomic E-state index is 0.0346. The average molecular weight is 446 g/mol. The highest BCUT2D eigenvalue weighted by Gasteiger charge is 2.24. The summed E-state index contributed by atoms with van der Waals surface area (Å²) in [5.74, 6) is -2.93. The molecule has 5 nitrogen and oxygen atoms in total. The second kappa shape index (κ2) is 7.85. The van der Waals surface area contributed by atoms with Gasteiger partial charge >= 0.3 is 0 Å². The summed E-state index contributed by atoms with van der Waals surface area (Å²) in [4.78, 5) is 29.2. The largest absolute Gasteiger partial charge is 0.316 e. The van der Waals surface area contributed by atoms with Crippen LogP contribution in [0, 0.1) is 11.6 Å². The molecule has 4 rings (SSSR count). The molecule has 30 heavy (non-hydrogen) atoms. The number of fused-ring (bicyclic) bond motifs is 1. The lowest BCUT2D eigenvalue weighted by Crippen LogP contribution is -2.23. The Labute approximate surface area is 178 Å². The molecule has 0 unspecified atom stereocenters. The Balaban J connectivity index is 1.78. The van der Waals surface area contributed by atoms with Crippen LogP contribution in [0.3, 0.4) is 0 Å². The molecule has 0 saturated heterocycles. The van der Waals surface area contributed by atoms with Crippen LogP contribution in [-0.4, -0.2) is 21.2 Å². The Kier molecular flexibility index (Phi) is 5.24. The number of ketones is 1. The number of rotatable bonds is 4. The lowest BCUT2D eigenvalue weighted by atomic mass is 10.1. The molecule has 0 spiro atoms. The molecule has 0 radical (unpaired) electrons. The van der Waals surface area contributed by atoms with Gasteiger partial charge in [0.25, 0.3) is 11.7 Å². The van der Waals surface area contributed by atoms with E-state index in [2.05, 4.69) is 10.3 Å². The van der Waals surface area contributed by atoms with Crippen molar-refractivity contribution in [1.29, 1.82) is 0 Å². The Morgan fingerprint density at radius 1 is 0.933 bits per heavy atom. The first-order valence-corrected chi connectivity index (χ1v) is 9.32. The predicted molar refractivity (Wildman–Crippen MR) is 110 cm³/mol. The van der Waals surface area contributed by atoms with E-state index in [4.69, 9.17) is 23.2 Å². The highest BCUT2D eigenvalue weighted by Crippen LogP contribution is 2.30. The van der Waals surface area contributed by atoms with E-state index in [1.54, 1.807) is 4.57 Å². The van der Waals surface area contributed by atoms with Gasteiger partial charge < -0.3 is 9.88 Å². The third-order valence-corrected chi connectivity index (χ3v) is 4.99. The van der Waals surface area contributed by atoms with Gasteiger partial charge in [-0.2, -0.15) is 0 Å². The average Bonchev–Trinajstić information content (AvgIpc) is 3.09. The highest BCUT2D eigenvalue weighted by molar-refractivity contribution is 6.50. The van der Waals surface area contributed by atoms with Crippen LogP contribution in [-0.2, 0) is 4.79 Å². The number of nitrogens with zero attached hydrogens (tertiary/aromatic N) is 2. The fraction of sp³-hybridized carbons (Fsp3) is 0. The number of pyridine rings is 1. The summed E-state index contributed by atoms with van der Waals surface area (Å²) in [6.07, 6.45) is 3.93. The van der Waals surface area contributed by atoms with E-state index >= 15 is 0 Å². The molecule has 4 aromatic rings. The normalized spacial score (nSPS) is 10.9. The maximum atomic E-state index is 13.9. The van der Waals surface area contributed by atoms with Crippen molar-refractivity contribution in [3.8, 4) is 5.69 Å². The van der Waals surface area contributed by atoms with Gasteiger partial charge in [-0.15, -0.1) is 0 Å². The third-order valence-electron chi connectivity index (χ3n) is 4.41. The summed E-state index contributed by atoms with van der Waals surface area (Å²) in [5, 5.41) is 2.71. The molecular formula is C21H11Cl2F2N3O2. The predicted octanol–water partition coefficient (Wildman–Crippen LogP) is 5.43. The zero-order chi connectivity index (χ0) is 21.4. The summed E-state index contributed by atoms with van der Waals surface area (Å²) in [6, 6.07) is 9.37. The lowest BCUT2D eigenvalue weighted by Gasteiger charge is -2.07. The second-order valence-electron chi connectivity index (χ2n) is 6.31. The van der Waals surface area contributed by atoms with Gasteiger partial charge in [-0.05, 0) is 42.5 Å². The van der Waals surface area contributed by atoms with Crippen LogP contribution in [0.15, 0.2) is 61.1 Å². The summed E-state index contributed by atoms with van der Waals surface area (Å²) in [7, 11) is 0. The molecule has 1 amide bonds. The van der Waals surface area contributed by atoms with Crippen molar-refractivity contribution in [3.63, 3.8) is 0 Å². The molecular weight excluding hydrogens is 435 g/mol. The zero-order valence-corrected chi connectivity index (χ0v) is 16.5. The first-order chi connectivity index (χ1) is 14.3. The molecule has 0 aliphatic rings. The van der Waals surface area contributed by atoms with E-state index in [0.29, 0.717) is 11.2 Å². The van der Waals surface area contributed by atoms with E-state index < -0.39 is 23.3 Å². The van der Waals surface area contributed by atoms with Crippen LogP contribution in [0.5, 0.6) is 0 Å². The fourth-order valence-electron chi connectivity index (χ4n) is 3.02. The molecule has 0 saturated carbocycles. The second-order valence-corrected chi connectivity index (χ2v) is 7.13.